The predicted molar refractivity (Wildman–Crippen MR) is 97.7 cm³/mol. The number of benzene rings is 2. The fraction of sp³-hybridized carbons (Fsp3) is 0.286. The molecule has 2 heterocycles. The number of hydrogen-bond donors (Lipinski definition) is 2. The lowest BCUT2D eigenvalue weighted by Crippen LogP contribution is -3.11. The van der Waals surface area contributed by atoms with E-state index in [1.54, 1.807) is 4.90 Å². The number of imidazole rings is 1. The molecule has 1 saturated heterocycles. The number of hydrogen-bond acceptors (Lipinski definition) is 1. The number of nitrogens with zero attached hydrogens (tertiary/aromatic N) is 1. The molecular formula is C21H24N3+. The summed E-state index contributed by atoms with van der Waals surface area (Å²) in [6.45, 7) is 3.52. The first-order chi connectivity index (χ1) is 11.9. The van der Waals surface area contributed by atoms with Crippen LogP contribution in [0.25, 0.3) is 22.5 Å². The van der Waals surface area contributed by atoms with Crippen molar-refractivity contribution in [3.05, 3.63) is 66.5 Å². The minimum absolute atomic E-state index is 0.993. The normalized spacial score (nSPS) is 15.5. The van der Waals surface area contributed by atoms with Gasteiger partial charge in [0.2, 0.25) is 0 Å². The van der Waals surface area contributed by atoms with Crippen molar-refractivity contribution in [3.63, 3.8) is 0 Å². The SMILES string of the molecule is c1ccc(-c2nc(C[NH+]3CCCCC3)[nH]c2-c2ccccc2)cc1. The molecule has 0 unspecified atom stereocenters. The molecule has 0 spiro atoms. The molecule has 0 amide bonds. The van der Waals surface area contributed by atoms with E-state index in [-0.39, 0.29) is 0 Å². The summed E-state index contributed by atoms with van der Waals surface area (Å²) in [6, 6.07) is 21.0. The maximum absolute atomic E-state index is 4.97. The topological polar surface area (TPSA) is 33.1 Å². The van der Waals surface area contributed by atoms with Crippen LogP contribution in [-0.4, -0.2) is 23.1 Å². The van der Waals surface area contributed by atoms with Crippen LogP contribution in [0.5, 0.6) is 0 Å². The van der Waals surface area contributed by atoms with E-state index in [4.69, 9.17) is 4.98 Å². The number of likely N-dealkylation sites (tertiary alicyclic amines) is 1. The van der Waals surface area contributed by atoms with Crippen LogP contribution in [-0.2, 0) is 6.54 Å². The first kappa shape index (κ1) is 15.2. The zero-order valence-electron chi connectivity index (χ0n) is 14.0. The van der Waals surface area contributed by atoms with Gasteiger partial charge in [0.05, 0.1) is 24.5 Å². The van der Waals surface area contributed by atoms with E-state index in [0.29, 0.717) is 0 Å². The lowest BCUT2D eigenvalue weighted by atomic mass is 10.1. The van der Waals surface area contributed by atoms with Gasteiger partial charge in [-0.2, -0.15) is 0 Å². The lowest BCUT2D eigenvalue weighted by molar-refractivity contribution is -0.919. The highest BCUT2D eigenvalue weighted by molar-refractivity contribution is 5.78. The van der Waals surface area contributed by atoms with Crippen LogP contribution >= 0.6 is 0 Å². The van der Waals surface area contributed by atoms with Gasteiger partial charge in [0.25, 0.3) is 0 Å². The van der Waals surface area contributed by atoms with Gasteiger partial charge in [0, 0.05) is 11.1 Å². The Balaban J connectivity index is 1.70. The van der Waals surface area contributed by atoms with Gasteiger partial charge < -0.3 is 9.88 Å². The Hall–Kier alpha value is -2.39. The van der Waals surface area contributed by atoms with Crippen LogP contribution in [0, 0.1) is 0 Å². The second-order valence-electron chi connectivity index (χ2n) is 6.63. The number of rotatable bonds is 4. The minimum atomic E-state index is 0.993. The summed E-state index contributed by atoms with van der Waals surface area (Å²) >= 11 is 0. The fourth-order valence-electron chi connectivity index (χ4n) is 3.59. The Bertz CT molecular complexity index is 714. The summed E-state index contributed by atoms with van der Waals surface area (Å²) in [6.07, 6.45) is 4.06. The molecule has 122 valence electrons. The Morgan fingerprint density at radius 1 is 0.792 bits per heavy atom. The Labute approximate surface area is 143 Å². The first-order valence-electron chi connectivity index (χ1n) is 8.93. The van der Waals surface area contributed by atoms with Gasteiger partial charge in [-0.3, -0.25) is 0 Å². The van der Waals surface area contributed by atoms with Crippen LogP contribution in [0.15, 0.2) is 60.7 Å². The predicted octanol–water partition coefficient (Wildman–Crippen LogP) is 3.31. The molecule has 2 aromatic carbocycles. The second kappa shape index (κ2) is 7.02. The standard InChI is InChI=1S/C21H23N3/c1-4-10-17(11-5-1)20-21(18-12-6-2-7-13-18)23-19(22-20)16-24-14-8-3-9-15-24/h1-2,4-7,10-13H,3,8-9,14-16H2,(H,22,23)/p+1. The molecule has 1 aliphatic rings. The van der Waals surface area contributed by atoms with E-state index < -0.39 is 0 Å². The molecule has 0 atom stereocenters. The summed E-state index contributed by atoms with van der Waals surface area (Å²) in [5, 5.41) is 0. The lowest BCUT2D eigenvalue weighted by Gasteiger charge is -2.22. The Morgan fingerprint density at radius 2 is 1.42 bits per heavy atom. The third-order valence-corrected chi connectivity index (χ3v) is 4.84. The molecule has 3 heteroatoms. The van der Waals surface area contributed by atoms with E-state index in [9.17, 15) is 0 Å². The molecule has 0 bridgehead atoms. The van der Waals surface area contributed by atoms with Gasteiger partial charge in [-0.15, -0.1) is 0 Å². The van der Waals surface area contributed by atoms with Gasteiger partial charge in [0.15, 0.2) is 5.82 Å². The molecule has 24 heavy (non-hydrogen) atoms. The Morgan fingerprint density at radius 3 is 2.08 bits per heavy atom. The van der Waals surface area contributed by atoms with Crippen molar-refractivity contribution in [1.82, 2.24) is 9.97 Å². The zero-order valence-corrected chi connectivity index (χ0v) is 14.0. The van der Waals surface area contributed by atoms with Crippen molar-refractivity contribution < 1.29 is 4.90 Å². The van der Waals surface area contributed by atoms with Crippen LogP contribution < -0.4 is 4.90 Å². The van der Waals surface area contributed by atoms with E-state index in [0.717, 1.165) is 23.8 Å². The number of quaternary nitrogens is 1. The van der Waals surface area contributed by atoms with Crippen LogP contribution in [0.4, 0.5) is 0 Å². The molecule has 4 rings (SSSR count). The molecule has 3 nitrogen and oxygen atoms in total. The zero-order chi connectivity index (χ0) is 16.2. The van der Waals surface area contributed by atoms with Gasteiger partial charge in [0.1, 0.15) is 6.54 Å². The van der Waals surface area contributed by atoms with Gasteiger partial charge in [-0.05, 0) is 19.3 Å². The highest BCUT2D eigenvalue weighted by atomic mass is 15.2. The van der Waals surface area contributed by atoms with Crippen LogP contribution in [0.1, 0.15) is 25.1 Å². The molecule has 1 aromatic heterocycles. The molecule has 1 fully saturated rings. The van der Waals surface area contributed by atoms with Crippen molar-refractivity contribution in [2.75, 3.05) is 13.1 Å². The van der Waals surface area contributed by atoms with Crippen LogP contribution in [0.3, 0.4) is 0 Å². The van der Waals surface area contributed by atoms with Crippen molar-refractivity contribution >= 4 is 0 Å². The summed E-state index contributed by atoms with van der Waals surface area (Å²) < 4.78 is 0. The number of H-pyrrole nitrogens is 1. The summed E-state index contributed by atoms with van der Waals surface area (Å²) in [7, 11) is 0. The van der Waals surface area contributed by atoms with Crippen molar-refractivity contribution in [2.45, 2.75) is 25.8 Å². The molecular weight excluding hydrogens is 294 g/mol. The molecule has 1 aliphatic heterocycles. The summed E-state index contributed by atoms with van der Waals surface area (Å²) in [4.78, 5) is 10.2. The summed E-state index contributed by atoms with van der Waals surface area (Å²) in [5.74, 6) is 1.10. The maximum atomic E-state index is 4.97. The maximum Gasteiger partial charge on any atom is 0.162 e. The van der Waals surface area contributed by atoms with E-state index in [1.807, 2.05) is 0 Å². The first-order valence-corrected chi connectivity index (χ1v) is 8.93. The molecule has 0 aliphatic carbocycles. The van der Waals surface area contributed by atoms with Crippen LogP contribution in [0.2, 0.25) is 0 Å². The van der Waals surface area contributed by atoms with Gasteiger partial charge in [-0.25, -0.2) is 4.98 Å². The molecule has 3 aromatic rings. The average molecular weight is 318 g/mol. The molecule has 0 radical (unpaired) electrons. The van der Waals surface area contributed by atoms with E-state index in [1.165, 1.54) is 43.5 Å². The summed E-state index contributed by atoms with van der Waals surface area (Å²) in [5.41, 5.74) is 4.57. The highest BCUT2D eigenvalue weighted by Crippen LogP contribution is 2.29. The van der Waals surface area contributed by atoms with E-state index in [2.05, 4.69) is 65.6 Å². The third kappa shape index (κ3) is 3.26. The second-order valence-corrected chi connectivity index (χ2v) is 6.63. The van der Waals surface area contributed by atoms with Crippen molar-refractivity contribution in [3.8, 4) is 22.5 Å². The molecule has 0 saturated carbocycles. The van der Waals surface area contributed by atoms with E-state index >= 15 is 0 Å². The minimum Gasteiger partial charge on any atom is -0.337 e. The number of aromatic nitrogens is 2. The number of piperidine rings is 1. The number of aromatic amines is 1. The highest BCUT2D eigenvalue weighted by Gasteiger charge is 2.19. The quantitative estimate of drug-likeness (QED) is 0.760. The largest absolute Gasteiger partial charge is 0.337 e. The molecule has 2 N–H and O–H groups in total. The third-order valence-electron chi connectivity index (χ3n) is 4.84. The van der Waals surface area contributed by atoms with Gasteiger partial charge in [-0.1, -0.05) is 60.7 Å². The van der Waals surface area contributed by atoms with Crippen molar-refractivity contribution in [2.24, 2.45) is 0 Å². The average Bonchev–Trinajstić information content (AvgIpc) is 3.08. The Kier molecular flexibility index (Phi) is 4.43. The fourth-order valence-corrected chi connectivity index (χ4v) is 3.59. The van der Waals surface area contributed by atoms with Gasteiger partial charge >= 0.3 is 0 Å². The monoisotopic (exact) mass is 318 g/mol. The van der Waals surface area contributed by atoms with Crippen molar-refractivity contribution in [1.29, 1.82) is 0 Å². The smallest absolute Gasteiger partial charge is 0.162 e. The number of nitrogens with one attached hydrogen (secondary N) is 2.